The highest BCUT2D eigenvalue weighted by Gasteiger charge is 2.15. The van der Waals surface area contributed by atoms with E-state index in [4.69, 9.17) is 4.42 Å². The topological polar surface area (TPSA) is 59.3 Å². The Hall–Kier alpha value is -3.14. The highest BCUT2D eigenvalue weighted by Crippen LogP contribution is 2.26. The molecule has 4 heteroatoms. The lowest BCUT2D eigenvalue weighted by Gasteiger charge is -2.09. The smallest absolute Gasteiger partial charge is 0.256 e. The molecule has 1 N–H and O–H groups in total. The molecule has 0 fully saturated rings. The van der Waals surface area contributed by atoms with E-state index in [0.717, 1.165) is 11.3 Å². The second-order valence-corrected chi connectivity index (χ2v) is 5.19. The predicted molar refractivity (Wildman–Crippen MR) is 88.7 cm³/mol. The van der Waals surface area contributed by atoms with Gasteiger partial charge in [-0.15, -0.1) is 0 Å². The van der Waals surface area contributed by atoms with Crippen molar-refractivity contribution in [1.29, 1.82) is 0 Å². The van der Waals surface area contributed by atoms with Crippen LogP contribution in [0.1, 0.15) is 26.5 Å². The fraction of sp³-hybridized carbons (Fsp3) is 0.0526. The van der Waals surface area contributed by atoms with Gasteiger partial charge in [0.1, 0.15) is 5.76 Å². The number of benzene rings is 2. The van der Waals surface area contributed by atoms with Crippen LogP contribution in [0.3, 0.4) is 0 Å². The van der Waals surface area contributed by atoms with E-state index in [1.165, 1.54) is 0 Å². The van der Waals surface area contributed by atoms with Crippen molar-refractivity contribution in [3.63, 3.8) is 0 Å². The monoisotopic (exact) mass is 305 g/mol. The van der Waals surface area contributed by atoms with Gasteiger partial charge in [0.15, 0.2) is 12.0 Å². The number of aryl methyl sites for hydroxylation is 1. The van der Waals surface area contributed by atoms with Crippen LogP contribution in [0.2, 0.25) is 0 Å². The van der Waals surface area contributed by atoms with Gasteiger partial charge in [0.25, 0.3) is 5.91 Å². The fourth-order valence-electron chi connectivity index (χ4n) is 2.29. The summed E-state index contributed by atoms with van der Waals surface area (Å²) < 4.78 is 5.43. The van der Waals surface area contributed by atoms with Gasteiger partial charge >= 0.3 is 0 Å². The Labute approximate surface area is 133 Å². The zero-order valence-electron chi connectivity index (χ0n) is 12.6. The van der Waals surface area contributed by atoms with Gasteiger partial charge in [-0.05, 0) is 37.3 Å². The van der Waals surface area contributed by atoms with Crippen molar-refractivity contribution < 1.29 is 14.0 Å². The molecule has 0 bridgehead atoms. The van der Waals surface area contributed by atoms with E-state index in [0.29, 0.717) is 23.2 Å². The summed E-state index contributed by atoms with van der Waals surface area (Å²) in [6, 6.07) is 18.0. The molecule has 0 unspecified atom stereocenters. The lowest BCUT2D eigenvalue weighted by atomic mass is 10.0. The maximum absolute atomic E-state index is 12.5. The third-order valence-electron chi connectivity index (χ3n) is 3.49. The standard InChI is InChI=1S/C19H15NO3/c1-13-6-8-14(9-7-13)20-19(22)17-5-3-2-4-16(17)18-11-10-15(12-21)23-18/h2-12H,1H3,(H,20,22). The third kappa shape index (κ3) is 3.21. The molecule has 0 atom stereocenters. The number of carbonyl (C=O) groups is 2. The number of aldehydes is 1. The van der Waals surface area contributed by atoms with Gasteiger partial charge in [0.2, 0.25) is 0 Å². The summed E-state index contributed by atoms with van der Waals surface area (Å²) in [7, 11) is 0. The lowest BCUT2D eigenvalue weighted by Crippen LogP contribution is -2.13. The number of hydrogen-bond donors (Lipinski definition) is 1. The molecule has 0 aliphatic heterocycles. The number of carbonyl (C=O) groups excluding carboxylic acids is 2. The van der Waals surface area contributed by atoms with E-state index in [-0.39, 0.29) is 11.7 Å². The van der Waals surface area contributed by atoms with Crippen molar-refractivity contribution in [1.82, 2.24) is 0 Å². The van der Waals surface area contributed by atoms with Gasteiger partial charge in [-0.25, -0.2) is 0 Å². The summed E-state index contributed by atoms with van der Waals surface area (Å²) >= 11 is 0. The number of nitrogens with one attached hydrogen (secondary N) is 1. The maximum atomic E-state index is 12.5. The normalized spacial score (nSPS) is 10.3. The molecule has 0 spiro atoms. The van der Waals surface area contributed by atoms with Crippen molar-refractivity contribution in [2.24, 2.45) is 0 Å². The van der Waals surface area contributed by atoms with Crippen LogP contribution >= 0.6 is 0 Å². The zero-order chi connectivity index (χ0) is 16.2. The van der Waals surface area contributed by atoms with E-state index in [1.807, 2.05) is 37.3 Å². The first kappa shape index (κ1) is 14.8. The molecule has 23 heavy (non-hydrogen) atoms. The molecule has 114 valence electrons. The van der Waals surface area contributed by atoms with Gasteiger partial charge in [-0.3, -0.25) is 9.59 Å². The van der Waals surface area contributed by atoms with Crippen LogP contribution in [-0.4, -0.2) is 12.2 Å². The average molecular weight is 305 g/mol. The van der Waals surface area contributed by atoms with Crippen LogP contribution in [0.25, 0.3) is 11.3 Å². The quantitative estimate of drug-likeness (QED) is 0.730. The van der Waals surface area contributed by atoms with Gasteiger partial charge in [-0.2, -0.15) is 0 Å². The zero-order valence-corrected chi connectivity index (χ0v) is 12.6. The molecule has 4 nitrogen and oxygen atoms in total. The van der Waals surface area contributed by atoms with Crippen molar-refractivity contribution in [3.8, 4) is 11.3 Å². The first-order valence-electron chi connectivity index (χ1n) is 7.20. The van der Waals surface area contributed by atoms with E-state index >= 15 is 0 Å². The molecule has 3 rings (SSSR count). The number of anilines is 1. The Morgan fingerprint density at radius 2 is 1.74 bits per heavy atom. The summed E-state index contributed by atoms with van der Waals surface area (Å²) in [5.74, 6) is 0.490. The SMILES string of the molecule is Cc1ccc(NC(=O)c2ccccc2-c2ccc(C=O)o2)cc1. The van der Waals surface area contributed by atoms with E-state index in [9.17, 15) is 9.59 Å². The molecule has 0 aliphatic carbocycles. The molecule has 0 aliphatic rings. The van der Waals surface area contributed by atoms with Gasteiger partial charge in [0, 0.05) is 11.3 Å². The van der Waals surface area contributed by atoms with Crippen LogP contribution in [0, 0.1) is 6.92 Å². The molecular formula is C19H15NO3. The molecule has 1 heterocycles. The molecule has 0 saturated heterocycles. The Morgan fingerprint density at radius 1 is 1.00 bits per heavy atom. The summed E-state index contributed by atoms with van der Waals surface area (Å²) in [4.78, 5) is 23.3. The number of rotatable bonds is 4. The van der Waals surface area contributed by atoms with Gasteiger partial charge in [-0.1, -0.05) is 35.9 Å². The first-order valence-corrected chi connectivity index (χ1v) is 7.20. The molecular weight excluding hydrogens is 290 g/mol. The Balaban J connectivity index is 1.91. The third-order valence-corrected chi connectivity index (χ3v) is 3.49. The maximum Gasteiger partial charge on any atom is 0.256 e. The molecule has 3 aromatic rings. The van der Waals surface area contributed by atoms with E-state index in [1.54, 1.807) is 30.3 Å². The minimum atomic E-state index is -0.228. The summed E-state index contributed by atoms with van der Waals surface area (Å²) in [6.45, 7) is 1.99. The highest BCUT2D eigenvalue weighted by molar-refractivity contribution is 6.08. The number of amides is 1. The summed E-state index contributed by atoms with van der Waals surface area (Å²) in [5, 5.41) is 2.87. The van der Waals surface area contributed by atoms with Crippen LogP contribution in [0.15, 0.2) is 65.1 Å². The van der Waals surface area contributed by atoms with Gasteiger partial charge < -0.3 is 9.73 Å². The minimum Gasteiger partial charge on any atom is -0.453 e. The Morgan fingerprint density at radius 3 is 2.43 bits per heavy atom. The Kier molecular flexibility index (Phi) is 4.06. The molecule has 1 aromatic heterocycles. The van der Waals surface area contributed by atoms with Crippen molar-refractivity contribution in [2.75, 3.05) is 5.32 Å². The largest absolute Gasteiger partial charge is 0.453 e. The van der Waals surface area contributed by atoms with Crippen LogP contribution in [0.4, 0.5) is 5.69 Å². The number of furan rings is 1. The predicted octanol–water partition coefficient (Wildman–Crippen LogP) is 4.32. The Bertz CT molecular complexity index is 847. The average Bonchev–Trinajstić information content (AvgIpc) is 3.06. The van der Waals surface area contributed by atoms with Gasteiger partial charge in [0.05, 0.1) is 5.56 Å². The first-order chi connectivity index (χ1) is 11.2. The fourth-order valence-corrected chi connectivity index (χ4v) is 2.29. The van der Waals surface area contributed by atoms with Crippen molar-refractivity contribution in [2.45, 2.75) is 6.92 Å². The van der Waals surface area contributed by atoms with Crippen LogP contribution in [-0.2, 0) is 0 Å². The van der Waals surface area contributed by atoms with Crippen molar-refractivity contribution >= 4 is 17.9 Å². The second kappa shape index (κ2) is 6.32. The van der Waals surface area contributed by atoms with Crippen molar-refractivity contribution in [3.05, 3.63) is 77.6 Å². The lowest BCUT2D eigenvalue weighted by molar-refractivity contribution is 0.102. The molecule has 0 radical (unpaired) electrons. The molecule has 2 aromatic carbocycles. The summed E-state index contributed by atoms with van der Waals surface area (Å²) in [6.07, 6.45) is 0.637. The van der Waals surface area contributed by atoms with E-state index in [2.05, 4.69) is 5.32 Å². The highest BCUT2D eigenvalue weighted by atomic mass is 16.3. The van der Waals surface area contributed by atoms with E-state index < -0.39 is 0 Å². The molecule has 1 amide bonds. The molecule has 0 saturated carbocycles. The van der Waals surface area contributed by atoms with Crippen LogP contribution < -0.4 is 5.32 Å². The second-order valence-electron chi connectivity index (χ2n) is 5.19. The minimum absolute atomic E-state index is 0.228. The van der Waals surface area contributed by atoms with Crippen LogP contribution in [0.5, 0.6) is 0 Å². The summed E-state index contributed by atoms with van der Waals surface area (Å²) in [5.41, 5.74) is 2.98. The number of hydrogen-bond acceptors (Lipinski definition) is 3.